The standard InChI is InChI=1S/C9H6ClNOS/c10-7-2-4-13-9(7)8-5-6(12)1-3-11-8/h1-5H,(H,11,12). The molecule has 2 aromatic heterocycles. The van der Waals surface area contributed by atoms with Gasteiger partial charge < -0.3 is 4.98 Å². The van der Waals surface area contributed by atoms with Crippen LogP contribution in [0.4, 0.5) is 0 Å². The Hall–Kier alpha value is -1.06. The van der Waals surface area contributed by atoms with E-state index in [0.29, 0.717) is 5.02 Å². The molecule has 2 heterocycles. The quantitative estimate of drug-likeness (QED) is 0.773. The van der Waals surface area contributed by atoms with Crippen molar-refractivity contribution in [1.29, 1.82) is 0 Å². The molecular formula is C9H6ClNOS. The highest BCUT2D eigenvalue weighted by atomic mass is 35.5. The lowest BCUT2D eigenvalue weighted by atomic mass is 10.3. The molecule has 66 valence electrons. The van der Waals surface area contributed by atoms with Gasteiger partial charge in [-0.25, -0.2) is 0 Å². The Balaban J connectivity index is 2.59. The minimum Gasteiger partial charge on any atom is -0.360 e. The van der Waals surface area contributed by atoms with Crippen molar-refractivity contribution >= 4 is 22.9 Å². The summed E-state index contributed by atoms with van der Waals surface area (Å²) in [6.07, 6.45) is 1.62. The molecule has 0 aliphatic rings. The predicted octanol–water partition coefficient (Wildman–Crippen LogP) is 2.76. The Bertz CT molecular complexity index is 474. The Kier molecular flexibility index (Phi) is 2.20. The van der Waals surface area contributed by atoms with Crippen LogP contribution in [-0.4, -0.2) is 4.98 Å². The molecule has 0 aliphatic carbocycles. The zero-order chi connectivity index (χ0) is 9.26. The van der Waals surface area contributed by atoms with E-state index in [9.17, 15) is 4.79 Å². The maximum atomic E-state index is 11.0. The van der Waals surface area contributed by atoms with Gasteiger partial charge in [-0.15, -0.1) is 11.3 Å². The van der Waals surface area contributed by atoms with Gasteiger partial charge in [0.15, 0.2) is 5.43 Å². The van der Waals surface area contributed by atoms with E-state index in [2.05, 4.69) is 4.98 Å². The van der Waals surface area contributed by atoms with Crippen LogP contribution in [0.25, 0.3) is 10.6 Å². The van der Waals surface area contributed by atoms with E-state index < -0.39 is 0 Å². The highest BCUT2D eigenvalue weighted by Gasteiger charge is 2.04. The van der Waals surface area contributed by atoms with E-state index in [1.165, 1.54) is 23.5 Å². The maximum absolute atomic E-state index is 11.0. The highest BCUT2D eigenvalue weighted by Crippen LogP contribution is 2.30. The lowest BCUT2D eigenvalue weighted by molar-refractivity contribution is 1.32. The molecule has 1 N–H and O–H groups in total. The fraction of sp³-hybridized carbons (Fsp3) is 0. The third-order valence-corrected chi connectivity index (χ3v) is 3.01. The number of aromatic nitrogens is 1. The molecule has 0 aliphatic heterocycles. The van der Waals surface area contributed by atoms with E-state index in [0.717, 1.165) is 10.6 Å². The summed E-state index contributed by atoms with van der Waals surface area (Å²) in [5.74, 6) is 0. The summed E-state index contributed by atoms with van der Waals surface area (Å²) in [6, 6.07) is 4.83. The summed E-state index contributed by atoms with van der Waals surface area (Å²) in [7, 11) is 0. The number of hydrogen-bond acceptors (Lipinski definition) is 2. The van der Waals surface area contributed by atoms with Crippen LogP contribution in [-0.2, 0) is 0 Å². The van der Waals surface area contributed by atoms with E-state index >= 15 is 0 Å². The van der Waals surface area contributed by atoms with Crippen LogP contribution in [0.1, 0.15) is 0 Å². The molecule has 13 heavy (non-hydrogen) atoms. The highest BCUT2D eigenvalue weighted by molar-refractivity contribution is 7.14. The van der Waals surface area contributed by atoms with E-state index in [1.807, 2.05) is 11.4 Å². The number of aromatic amines is 1. The van der Waals surface area contributed by atoms with Gasteiger partial charge in [-0.1, -0.05) is 11.6 Å². The summed E-state index contributed by atoms with van der Waals surface area (Å²) in [5.41, 5.74) is 0.755. The predicted molar refractivity (Wildman–Crippen MR) is 55.4 cm³/mol. The number of H-pyrrole nitrogens is 1. The topological polar surface area (TPSA) is 32.9 Å². The van der Waals surface area contributed by atoms with E-state index in [1.54, 1.807) is 6.20 Å². The van der Waals surface area contributed by atoms with Gasteiger partial charge >= 0.3 is 0 Å². The van der Waals surface area contributed by atoms with Crippen molar-refractivity contribution < 1.29 is 0 Å². The summed E-state index contributed by atoms with van der Waals surface area (Å²) in [4.78, 5) is 14.9. The summed E-state index contributed by atoms with van der Waals surface area (Å²) in [6.45, 7) is 0. The molecule has 0 saturated carbocycles. The third-order valence-electron chi connectivity index (χ3n) is 1.63. The number of thiophene rings is 1. The summed E-state index contributed by atoms with van der Waals surface area (Å²) in [5, 5.41) is 2.56. The van der Waals surface area contributed by atoms with Gasteiger partial charge in [0.2, 0.25) is 0 Å². The molecule has 0 spiro atoms. The van der Waals surface area contributed by atoms with Crippen LogP contribution in [0, 0.1) is 0 Å². The van der Waals surface area contributed by atoms with Gasteiger partial charge in [0.25, 0.3) is 0 Å². The molecule has 0 aromatic carbocycles. The molecule has 0 amide bonds. The van der Waals surface area contributed by atoms with Crippen LogP contribution in [0.5, 0.6) is 0 Å². The fourth-order valence-corrected chi connectivity index (χ4v) is 2.20. The van der Waals surface area contributed by atoms with E-state index in [-0.39, 0.29) is 5.43 Å². The SMILES string of the molecule is O=c1cc[nH]c(-c2sccc2Cl)c1. The molecule has 4 heteroatoms. The first kappa shape index (κ1) is 8.53. The molecule has 0 fully saturated rings. The van der Waals surface area contributed by atoms with Crippen LogP contribution >= 0.6 is 22.9 Å². The normalized spacial score (nSPS) is 10.2. The number of pyridine rings is 1. The maximum Gasteiger partial charge on any atom is 0.182 e. The van der Waals surface area contributed by atoms with Gasteiger partial charge in [-0.2, -0.15) is 0 Å². The van der Waals surface area contributed by atoms with Crippen molar-refractivity contribution in [2.24, 2.45) is 0 Å². The van der Waals surface area contributed by atoms with Gasteiger partial charge in [0, 0.05) is 18.3 Å². The third kappa shape index (κ3) is 1.66. The number of hydrogen-bond donors (Lipinski definition) is 1. The van der Waals surface area contributed by atoms with Crippen LogP contribution in [0.15, 0.2) is 34.6 Å². The van der Waals surface area contributed by atoms with Crippen LogP contribution in [0.3, 0.4) is 0 Å². The second-order valence-electron chi connectivity index (χ2n) is 2.54. The Morgan fingerprint density at radius 1 is 1.38 bits per heavy atom. The number of halogens is 1. The molecule has 2 rings (SSSR count). The Morgan fingerprint density at radius 3 is 2.85 bits per heavy atom. The first-order valence-electron chi connectivity index (χ1n) is 3.69. The monoisotopic (exact) mass is 211 g/mol. The average Bonchev–Trinajstić information content (AvgIpc) is 2.51. The molecule has 0 atom stereocenters. The van der Waals surface area contributed by atoms with Gasteiger partial charge in [0.05, 0.1) is 15.6 Å². The molecule has 0 unspecified atom stereocenters. The van der Waals surface area contributed by atoms with Gasteiger partial charge in [0.1, 0.15) is 0 Å². The summed E-state index contributed by atoms with van der Waals surface area (Å²) >= 11 is 7.42. The lowest BCUT2D eigenvalue weighted by Gasteiger charge is -1.96. The fourth-order valence-electron chi connectivity index (χ4n) is 1.06. The van der Waals surface area contributed by atoms with Gasteiger partial charge in [-0.3, -0.25) is 4.79 Å². The average molecular weight is 212 g/mol. The van der Waals surface area contributed by atoms with Crippen molar-refractivity contribution in [3.05, 3.63) is 45.0 Å². The molecule has 2 nitrogen and oxygen atoms in total. The van der Waals surface area contributed by atoms with Crippen LogP contribution in [0.2, 0.25) is 5.02 Å². The first-order valence-corrected chi connectivity index (χ1v) is 4.95. The number of nitrogens with one attached hydrogen (secondary N) is 1. The molecule has 0 radical (unpaired) electrons. The molecular weight excluding hydrogens is 206 g/mol. The van der Waals surface area contributed by atoms with Crippen molar-refractivity contribution in [2.45, 2.75) is 0 Å². The van der Waals surface area contributed by atoms with E-state index in [4.69, 9.17) is 11.6 Å². The van der Waals surface area contributed by atoms with Crippen molar-refractivity contribution in [1.82, 2.24) is 4.98 Å². The number of rotatable bonds is 1. The second kappa shape index (κ2) is 3.36. The minimum atomic E-state index is -0.0155. The van der Waals surface area contributed by atoms with Crippen molar-refractivity contribution in [2.75, 3.05) is 0 Å². The first-order chi connectivity index (χ1) is 6.27. The second-order valence-corrected chi connectivity index (χ2v) is 3.86. The lowest BCUT2D eigenvalue weighted by Crippen LogP contribution is -1.97. The molecule has 2 aromatic rings. The van der Waals surface area contributed by atoms with Crippen LogP contribution < -0.4 is 5.43 Å². The Labute approximate surface area is 83.8 Å². The molecule has 0 saturated heterocycles. The zero-order valence-electron chi connectivity index (χ0n) is 6.58. The Morgan fingerprint density at radius 2 is 2.23 bits per heavy atom. The zero-order valence-corrected chi connectivity index (χ0v) is 8.15. The smallest absolute Gasteiger partial charge is 0.182 e. The molecule has 0 bridgehead atoms. The van der Waals surface area contributed by atoms with Crippen molar-refractivity contribution in [3.8, 4) is 10.6 Å². The summed E-state index contributed by atoms with van der Waals surface area (Å²) < 4.78 is 0. The minimum absolute atomic E-state index is 0.0155. The van der Waals surface area contributed by atoms with Crippen molar-refractivity contribution in [3.63, 3.8) is 0 Å². The van der Waals surface area contributed by atoms with Gasteiger partial charge in [-0.05, 0) is 11.4 Å². The largest absolute Gasteiger partial charge is 0.360 e.